The zero-order valence-corrected chi connectivity index (χ0v) is 13.0. The van der Waals surface area contributed by atoms with Crippen molar-refractivity contribution in [1.82, 2.24) is 10.6 Å². The average Bonchev–Trinajstić information content (AvgIpc) is 2.53. The molecule has 2 rings (SSSR count). The fraction of sp³-hybridized carbons (Fsp3) is 0.533. The van der Waals surface area contributed by atoms with Gasteiger partial charge in [-0.05, 0) is 43.6 Å². The number of amides is 1. The molecular weight excluding hydrogens is 292 g/mol. The number of hydrogen-bond donors (Lipinski definition) is 3. The normalized spacial score (nSPS) is 16.7. The van der Waals surface area contributed by atoms with Crippen LogP contribution < -0.4 is 15.4 Å². The average molecular weight is 315 g/mol. The van der Waals surface area contributed by atoms with E-state index >= 15 is 0 Å². The Bertz CT molecular complexity index is 433. The molecule has 1 aromatic rings. The summed E-state index contributed by atoms with van der Waals surface area (Å²) in [5.74, 6) is 0.859. The molecule has 1 aliphatic rings. The van der Waals surface area contributed by atoms with Crippen LogP contribution in [0.15, 0.2) is 24.3 Å². The molecule has 1 amide bonds. The number of aliphatic hydroxyl groups excluding tert-OH is 1. The van der Waals surface area contributed by atoms with Gasteiger partial charge in [-0.25, -0.2) is 0 Å². The number of methoxy groups -OCH3 is 1. The molecular formula is C15H23ClN2O3. The highest BCUT2D eigenvalue weighted by Gasteiger charge is 2.21. The van der Waals surface area contributed by atoms with E-state index in [0.717, 1.165) is 37.2 Å². The number of piperidine rings is 1. The van der Waals surface area contributed by atoms with Crippen molar-refractivity contribution in [1.29, 1.82) is 0 Å². The number of rotatable bonds is 5. The van der Waals surface area contributed by atoms with Gasteiger partial charge in [-0.2, -0.15) is 0 Å². The van der Waals surface area contributed by atoms with E-state index in [1.54, 1.807) is 31.4 Å². The minimum Gasteiger partial charge on any atom is -0.497 e. The first-order valence-electron chi connectivity index (χ1n) is 7.01. The molecule has 5 nitrogen and oxygen atoms in total. The van der Waals surface area contributed by atoms with Gasteiger partial charge in [0.25, 0.3) is 0 Å². The smallest absolute Gasteiger partial charge is 0.223 e. The van der Waals surface area contributed by atoms with Crippen LogP contribution in [-0.4, -0.2) is 37.8 Å². The van der Waals surface area contributed by atoms with Crippen LogP contribution in [0.2, 0.25) is 0 Å². The van der Waals surface area contributed by atoms with Gasteiger partial charge in [0.2, 0.25) is 5.91 Å². The maximum absolute atomic E-state index is 12.0. The van der Waals surface area contributed by atoms with Gasteiger partial charge in [-0.15, -0.1) is 12.4 Å². The molecule has 1 aliphatic heterocycles. The van der Waals surface area contributed by atoms with Gasteiger partial charge in [-0.1, -0.05) is 12.1 Å². The second-order valence-electron chi connectivity index (χ2n) is 5.06. The quantitative estimate of drug-likeness (QED) is 0.765. The van der Waals surface area contributed by atoms with Crippen LogP contribution in [0.25, 0.3) is 0 Å². The van der Waals surface area contributed by atoms with E-state index in [2.05, 4.69) is 10.6 Å². The molecule has 1 heterocycles. The van der Waals surface area contributed by atoms with Crippen molar-refractivity contribution >= 4 is 18.3 Å². The highest BCUT2D eigenvalue weighted by molar-refractivity contribution is 5.85. The minimum absolute atomic E-state index is 0. The lowest BCUT2D eigenvalue weighted by Gasteiger charge is -2.22. The molecule has 3 N–H and O–H groups in total. The first-order chi connectivity index (χ1) is 9.70. The van der Waals surface area contributed by atoms with Crippen LogP contribution in [0.5, 0.6) is 5.75 Å². The molecule has 1 aromatic carbocycles. The maximum Gasteiger partial charge on any atom is 0.223 e. The number of carbonyl (C=O) groups excluding carboxylic acids is 1. The van der Waals surface area contributed by atoms with Crippen LogP contribution in [0.3, 0.4) is 0 Å². The Hall–Kier alpha value is -1.30. The Labute approximate surface area is 131 Å². The highest BCUT2D eigenvalue weighted by atomic mass is 35.5. The van der Waals surface area contributed by atoms with Gasteiger partial charge in [0.05, 0.1) is 13.2 Å². The SMILES string of the molecule is COc1ccc(C(O)CNC(=O)C2CCNCC2)cc1.Cl. The first-order valence-corrected chi connectivity index (χ1v) is 7.01. The molecule has 0 aromatic heterocycles. The van der Waals surface area contributed by atoms with E-state index in [9.17, 15) is 9.90 Å². The topological polar surface area (TPSA) is 70.6 Å². The second kappa shape index (κ2) is 8.87. The molecule has 1 saturated heterocycles. The summed E-state index contributed by atoms with van der Waals surface area (Å²) in [5, 5.41) is 16.1. The van der Waals surface area contributed by atoms with Crippen molar-refractivity contribution in [3.05, 3.63) is 29.8 Å². The number of carbonyl (C=O) groups is 1. The highest BCUT2D eigenvalue weighted by Crippen LogP contribution is 2.17. The summed E-state index contributed by atoms with van der Waals surface area (Å²) in [6.07, 6.45) is 1.04. The molecule has 1 fully saturated rings. The zero-order valence-electron chi connectivity index (χ0n) is 12.2. The summed E-state index contributed by atoms with van der Waals surface area (Å²) in [4.78, 5) is 12.0. The molecule has 6 heteroatoms. The van der Waals surface area contributed by atoms with E-state index in [-0.39, 0.29) is 30.8 Å². The van der Waals surface area contributed by atoms with Gasteiger partial charge in [0, 0.05) is 12.5 Å². The number of nitrogens with one attached hydrogen (secondary N) is 2. The minimum atomic E-state index is -0.688. The van der Waals surface area contributed by atoms with Crippen LogP contribution in [0.4, 0.5) is 0 Å². The third kappa shape index (κ3) is 5.19. The van der Waals surface area contributed by atoms with E-state index in [1.807, 2.05) is 0 Å². The predicted octanol–water partition coefficient (Wildman–Crippen LogP) is 1.27. The molecule has 0 spiro atoms. The molecule has 21 heavy (non-hydrogen) atoms. The van der Waals surface area contributed by atoms with Crippen molar-refractivity contribution in [2.24, 2.45) is 5.92 Å². The molecule has 1 atom stereocenters. The van der Waals surface area contributed by atoms with Crippen LogP contribution >= 0.6 is 12.4 Å². The van der Waals surface area contributed by atoms with Gasteiger partial charge >= 0.3 is 0 Å². The standard InChI is InChI=1S/C15H22N2O3.ClH/c1-20-13-4-2-11(3-5-13)14(18)10-17-15(19)12-6-8-16-9-7-12;/h2-5,12,14,16,18H,6-10H2,1H3,(H,17,19);1H. The van der Waals surface area contributed by atoms with Gasteiger partial charge < -0.3 is 20.5 Å². The lowest BCUT2D eigenvalue weighted by atomic mass is 9.97. The van der Waals surface area contributed by atoms with Crippen molar-refractivity contribution in [2.45, 2.75) is 18.9 Å². The number of ether oxygens (including phenoxy) is 1. The Morgan fingerprint density at radius 2 is 2.00 bits per heavy atom. The van der Waals surface area contributed by atoms with Crippen LogP contribution in [-0.2, 0) is 4.79 Å². The second-order valence-corrected chi connectivity index (χ2v) is 5.06. The molecule has 0 bridgehead atoms. The van der Waals surface area contributed by atoms with Crippen LogP contribution in [0.1, 0.15) is 24.5 Å². The Morgan fingerprint density at radius 3 is 2.57 bits per heavy atom. The molecule has 118 valence electrons. The van der Waals surface area contributed by atoms with Crippen LogP contribution in [0, 0.1) is 5.92 Å². The summed E-state index contributed by atoms with van der Waals surface area (Å²) in [7, 11) is 1.60. The molecule has 0 aliphatic carbocycles. The Kier molecular flexibility index (Phi) is 7.50. The summed E-state index contributed by atoms with van der Waals surface area (Å²) in [6.45, 7) is 2.02. The largest absolute Gasteiger partial charge is 0.497 e. The molecule has 1 unspecified atom stereocenters. The number of benzene rings is 1. The number of aliphatic hydroxyl groups is 1. The third-order valence-corrected chi connectivity index (χ3v) is 3.68. The molecule has 0 saturated carbocycles. The first kappa shape index (κ1) is 17.8. The van der Waals surface area contributed by atoms with Crippen molar-refractivity contribution < 1.29 is 14.6 Å². The van der Waals surface area contributed by atoms with Crippen molar-refractivity contribution in [3.63, 3.8) is 0 Å². The van der Waals surface area contributed by atoms with E-state index in [1.165, 1.54) is 0 Å². The maximum atomic E-state index is 12.0. The Balaban J connectivity index is 0.00000220. The van der Waals surface area contributed by atoms with E-state index in [0.29, 0.717) is 0 Å². The lowest BCUT2D eigenvalue weighted by Crippen LogP contribution is -2.39. The lowest BCUT2D eigenvalue weighted by molar-refractivity contribution is -0.126. The van der Waals surface area contributed by atoms with Gasteiger partial charge in [-0.3, -0.25) is 4.79 Å². The predicted molar refractivity (Wildman–Crippen MR) is 83.8 cm³/mol. The molecule has 0 radical (unpaired) electrons. The fourth-order valence-electron chi connectivity index (χ4n) is 2.37. The van der Waals surface area contributed by atoms with E-state index < -0.39 is 6.10 Å². The summed E-state index contributed by atoms with van der Waals surface area (Å²) in [5.41, 5.74) is 0.774. The van der Waals surface area contributed by atoms with Crippen molar-refractivity contribution in [3.8, 4) is 5.75 Å². The zero-order chi connectivity index (χ0) is 14.4. The van der Waals surface area contributed by atoms with E-state index in [4.69, 9.17) is 4.74 Å². The monoisotopic (exact) mass is 314 g/mol. The fourth-order valence-corrected chi connectivity index (χ4v) is 2.37. The summed E-state index contributed by atoms with van der Waals surface area (Å²) < 4.78 is 5.07. The number of hydrogen-bond acceptors (Lipinski definition) is 4. The third-order valence-electron chi connectivity index (χ3n) is 3.68. The van der Waals surface area contributed by atoms with Gasteiger partial charge in [0.15, 0.2) is 0 Å². The van der Waals surface area contributed by atoms with Gasteiger partial charge in [0.1, 0.15) is 5.75 Å². The Morgan fingerprint density at radius 1 is 1.38 bits per heavy atom. The number of halogens is 1. The summed E-state index contributed by atoms with van der Waals surface area (Å²) >= 11 is 0. The summed E-state index contributed by atoms with van der Waals surface area (Å²) in [6, 6.07) is 7.21. The van der Waals surface area contributed by atoms with Crippen molar-refractivity contribution in [2.75, 3.05) is 26.7 Å².